The number of hydrogen-bond donors (Lipinski definition) is 1. The molecule has 0 saturated carbocycles. The number of hydrogen-bond acceptors (Lipinski definition) is 3. The van der Waals surface area contributed by atoms with Gasteiger partial charge >= 0.3 is 0 Å². The zero-order valence-corrected chi connectivity index (χ0v) is 12.9. The first-order chi connectivity index (χ1) is 9.85. The number of aromatic nitrogens is 1. The predicted octanol–water partition coefficient (Wildman–Crippen LogP) is 1.74. The fraction of sp³-hybridized carbons (Fsp3) is 0.400. The largest absolute Gasteiger partial charge is 0.351 e. The Morgan fingerprint density at radius 3 is 2.76 bits per heavy atom. The molecule has 1 N–H and O–H groups in total. The van der Waals surface area contributed by atoms with Gasteiger partial charge in [-0.25, -0.2) is 8.42 Å². The van der Waals surface area contributed by atoms with Crippen LogP contribution in [0, 0.1) is 6.92 Å². The summed E-state index contributed by atoms with van der Waals surface area (Å²) in [5, 5.41) is 0.991. The minimum atomic E-state index is -2.99. The number of carbonyl (C=O) groups excluding carboxylic acids is 1. The van der Waals surface area contributed by atoms with Crippen LogP contribution < -0.4 is 0 Å². The fourth-order valence-corrected chi connectivity index (χ4v) is 4.58. The number of aryl methyl sites for hydroxylation is 1. The van der Waals surface area contributed by atoms with E-state index in [4.69, 9.17) is 0 Å². The topological polar surface area (TPSA) is 70.2 Å². The van der Waals surface area contributed by atoms with Crippen LogP contribution in [0.4, 0.5) is 0 Å². The predicted molar refractivity (Wildman–Crippen MR) is 82.2 cm³/mol. The molecule has 21 heavy (non-hydrogen) atoms. The Labute approximate surface area is 123 Å². The minimum absolute atomic E-state index is 0.0641. The highest BCUT2D eigenvalue weighted by Crippen LogP contribution is 2.21. The molecule has 0 aliphatic carbocycles. The van der Waals surface area contributed by atoms with E-state index in [1.54, 1.807) is 11.9 Å². The summed E-state index contributed by atoms with van der Waals surface area (Å²) >= 11 is 0. The van der Waals surface area contributed by atoms with Crippen molar-refractivity contribution in [3.05, 3.63) is 35.5 Å². The summed E-state index contributed by atoms with van der Waals surface area (Å²) < 4.78 is 23.1. The third-order valence-corrected chi connectivity index (χ3v) is 5.83. The highest BCUT2D eigenvalue weighted by Gasteiger charge is 2.33. The van der Waals surface area contributed by atoms with Crippen LogP contribution >= 0.6 is 0 Å². The van der Waals surface area contributed by atoms with Crippen LogP contribution in [-0.4, -0.2) is 48.8 Å². The van der Waals surface area contributed by atoms with Gasteiger partial charge in [0.25, 0.3) is 5.91 Å². The minimum Gasteiger partial charge on any atom is -0.351 e. The molecule has 0 spiro atoms. The monoisotopic (exact) mass is 306 g/mol. The maximum absolute atomic E-state index is 12.5. The molecule has 6 heteroatoms. The molecule has 0 unspecified atom stereocenters. The molecule has 0 bridgehead atoms. The number of rotatable bonds is 2. The van der Waals surface area contributed by atoms with Crippen LogP contribution in [0.15, 0.2) is 24.3 Å². The van der Waals surface area contributed by atoms with Crippen molar-refractivity contribution in [3.63, 3.8) is 0 Å². The molecule has 1 aliphatic rings. The van der Waals surface area contributed by atoms with E-state index in [9.17, 15) is 13.2 Å². The van der Waals surface area contributed by atoms with Gasteiger partial charge in [0, 0.05) is 24.0 Å². The van der Waals surface area contributed by atoms with Crippen molar-refractivity contribution in [2.45, 2.75) is 19.4 Å². The molecule has 1 aromatic heterocycles. The van der Waals surface area contributed by atoms with Gasteiger partial charge in [0.05, 0.1) is 11.5 Å². The van der Waals surface area contributed by atoms with Crippen LogP contribution in [0.3, 0.4) is 0 Å². The number of sulfone groups is 1. The van der Waals surface area contributed by atoms with Crippen LogP contribution in [0.25, 0.3) is 10.9 Å². The van der Waals surface area contributed by atoms with E-state index in [0.29, 0.717) is 12.1 Å². The number of amides is 1. The summed E-state index contributed by atoms with van der Waals surface area (Å²) in [6.45, 7) is 2.00. The lowest BCUT2D eigenvalue weighted by atomic mass is 10.2. The van der Waals surface area contributed by atoms with Crippen molar-refractivity contribution in [2.75, 3.05) is 18.6 Å². The fourth-order valence-electron chi connectivity index (χ4n) is 2.80. The van der Waals surface area contributed by atoms with Gasteiger partial charge in [-0.05, 0) is 31.5 Å². The van der Waals surface area contributed by atoms with E-state index in [-0.39, 0.29) is 23.5 Å². The molecule has 1 atom stereocenters. The zero-order chi connectivity index (χ0) is 15.2. The molecule has 0 radical (unpaired) electrons. The van der Waals surface area contributed by atoms with Gasteiger partial charge < -0.3 is 9.88 Å². The molecule has 5 nitrogen and oxygen atoms in total. The third kappa shape index (κ3) is 2.68. The van der Waals surface area contributed by atoms with Crippen LogP contribution in [0.5, 0.6) is 0 Å². The lowest BCUT2D eigenvalue weighted by Gasteiger charge is -2.22. The quantitative estimate of drug-likeness (QED) is 0.918. The summed E-state index contributed by atoms with van der Waals surface area (Å²) in [7, 11) is -1.32. The Morgan fingerprint density at radius 1 is 1.33 bits per heavy atom. The molecule has 1 aliphatic heterocycles. The second kappa shape index (κ2) is 4.87. The number of carbonyl (C=O) groups is 1. The van der Waals surface area contributed by atoms with Gasteiger partial charge in [0.15, 0.2) is 9.84 Å². The SMILES string of the molecule is Cc1ccc2[nH]c(C(=O)N(C)[C@H]3CCS(=O)(=O)C3)cc2c1. The summed E-state index contributed by atoms with van der Waals surface area (Å²) in [6.07, 6.45) is 0.518. The molecule has 2 heterocycles. The summed E-state index contributed by atoms with van der Waals surface area (Å²) in [6, 6.07) is 7.55. The standard InChI is InChI=1S/C15H18N2O3S/c1-10-3-4-13-11(7-10)8-14(16-13)15(18)17(2)12-5-6-21(19,20)9-12/h3-4,7-8,12,16H,5-6,9H2,1-2H3/t12-/m0/s1. The summed E-state index contributed by atoms with van der Waals surface area (Å²) in [5.41, 5.74) is 2.55. The van der Waals surface area contributed by atoms with Crippen molar-refractivity contribution in [2.24, 2.45) is 0 Å². The van der Waals surface area contributed by atoms with Crippen molar-refractivity contribution < 1.29 is 13.2 Å². The van der Waals surface area contributed by atoms with Gasteiger partial charge in [-0.15, -0.1) is 0 Å². The summed E-state index contributed by atoms with van der Waals surface area (Å²) in [5.74, 6) is 0.0707. The molecule has 1 fully saturated rings. The van der Waals surface area contributed by atoms with E-state index >= 15 is 0 Å². The Hall–Kier alpha value is -1.82. The first kappa shape index (κ1) is 14.1. The van der Waals surface area contributed by atoms with Crippen molar-refractivity contribution in [1.82, 2.24) is 9.88 Å². The molecule has 3 rings (SSSR count). The normalized spacial score (nSPS) is 20.8. The highest BCUT2D eigenvalue weighted by atomic mass is 32.2. The number of nitrogens with one attached hydrogen (secondary N) is 1. The molecule has 2 aromatic rings. The number of benzene rings is 1. The van der Waals surface area contributed by atoms with Gasteiger partial charge in [0.2, 0.25) is 0 Å². The van der Waals surface area contributed by atoms with Gasteiger partial charge in [-0.2, -0.15) is 0 Å². The summed E-state index contributed by atoms with van der Waals surface area (Å²) in [4.78, 5) is 17.1. The van der Waals surface area contributed by atoms with E-state index in [0.717, 1.165) is 16.5 Å². The molecular weight excluding hydrogens is 288 g/mol. The molecule has 1 amide bonds. The first-order valence-corrected chi connectivity index (χ1v) is 8.75. The highest BCUT2D eigenvalue weighted by molar-refractivity contribution is 7.91. The molecule has 112 valence electrons. The Morgan fingerprint density at radius 2 is 2.10 bits per heavy atom. The second-order valence-electron chi connectivity index (χ2n) is 5.75. The van der Waals surface area contributed by atoms with Crippen molar-refractivity contribution in [3.8, 4) is 0 Å². The van der Waals surface area contributed by atoms with Gasteiger partial charge in [0.1, 0.15) is 5.69 Å². The van der Waals surface area contributed by atoms with E-state index in [1.165, 1.54) is 0 Å². The average Bonchev–Trinajstić information content (AvgIpc) is 2.99. The Balaban J connectivity index is 1.86. The lowest BCUT2D eigenvalue weighted by Crippen LogP contribution is -2.37. The van der Waals surface area contributed by atoms with E-state index in [1.807, 2.05) is 31.2 Å². The number of aromatic amines is 1. The van der Waals surface area contributed by atoms with Gasteiger partial charge in [-0.1, -0.05) is 11.6 Å². The molecule has 1 aromatic carbocycles. The van der Waals surface area contributed by atoms with E-state index < -0.39 is 9.84 Å². The molecule has 1 saturated heterocycles. The van der Waals surface area contributed by atoms with Crippen LogP contribution in [-0.2, 0) is 9.84 Å². The van der Waals surface area contributed by atoms with Gasteiger partial charge in [-0.3, -0.25) is 4.79 Å². The van der Waals surface area contributed by atoms with E-state index in [2.05, 4.69) is 4.98 Å². The number of H-pyrrole nitrogens is 1. The van der Waals surface area contributed by atoms with Crippen molar-refractivity contribution in [1.29, 1.82) is 0 Å². The average molecular weight is 306 g/mol. The van der Waals surface area contributed by atoms with Crippen LogP contribution in [0.2, 0.25) is 0 Å². The lowest BCUT2D eigenvalue weighted by molar-refractivity contribution is 0.0743. The second-order valence-corrected chi connectivity index (χ2v) is 7.98. The first-order valence-electron chi connectivity index (χ1n) is 6.93. The Kier molecular flexibility index (Phi) is 3.28. The number of nitrogens with zero attached hydrogens (tertiary/aromatic N) is 1. The maximum atomic E-state index is 12.5. The zero-order valence-electron chi connectivity index (χ0n) is 12.1. The maximum Gasteiger partial charge on any atom is 0.270 e. The van der Waals surface area contributed by atoms with Crippen molar-refractivity contribution >= 4 is 26.6 Å². The Bertz CT molecular complexity index is 807. The van der Waals surface area contributed by atoms with Crippen LogP contribution in [0.1, 0.15) is 22.5 Å². The molecular formula is C15H18N2O3S. The third-order valence-electron chi connectivity index (χ3n) is 4.08. The number of fused-ring (bicyclic) bond motifs is 1. The smallest absolute Gasteiger partial charge is 0.270 e.